The van der Waals surface area contributed by atoms with Crippen LogP contribution in [0.2, 0.25) is 0 Å². The average molecular weight is 224 g/mol. The lowest BCUT2D eigenvalue weighted by Gasteiger charge is -2.20. The summed E-state index contributed by atoms with van der Waals surface area (Å²) in [6.45, 7) is 0.600. The second-order valence-electron chi connectivity index (χ2n) is 5.38. The Bertz CT molecular complexity index is 230. The van der Waals surface area contributed by atoms with E-state index in [1.165, 1.54) is 38.5 Å². The van der Waals surface area contributed by atoms with E-state index in [-0.39, 0.29) is 17.9 Å². The van der Waals surface area contributed by atoms with Crippen LogP contribution in [0.15, 0.2) is 0 Å². The SMILES string of the molecule is NCC(NC(=O)C1CCCCCC1)C1CC1. The highest BCUT2D eigenvalue weighted by Gasteiger charge is 2.32. The van der Waals surface area contributed by atoms with Crippen molar-refractivity contribution in [3.63, 3.8) is 0 Å². The lowest BCUT2D eigenvalue weighted by atomic mass is 9.98. The summed E-state index contributed by atoms with van der Waals surface area (Å²) < 4.78 is 0. The minimum absolute atomic E-state index is 0.246. The number of rotatable bonds is 4. The summed E-state index contributed by atoms with van der Waals surface area (Å²) in [4.78, 5) is 12.1. The standard InChI is InChI=1S/C13H24N2O/c14-9-12(10-7-8-10)15-13(16)11-5-3-1-2-4-6-11/h10-12H,1-9,14H2,(H,15,16). The third-order valence-electron chi connectivity index (χ3n) is 4.00. The van der Waals surface area contributed by atoms with Gasteiger partial charge in [0.25, 0.3) is 0 Å². The van der Waals surface area contributed by atoms with Crippen LogP contribution in [0.1, 0.15) is 51.4 Å². The van der Waals surface area contributed by atoms with Crippen molar-refractivity contribution >= 4 is 5.91 Å². The molecule has 92 valence electrons. The predicted octanol–water partition coefficient (Wildman–Crippen LogP) is 1.81. The molecule has 2 saturated carbocycles. The average Bonchev–Trinajstić information content (AvgIpc) is 3.11. The maximum atomic E-state index is 12.1. The molecule has 16 heavy (non-hydrogen) atoms. The normalized spacial score (nSPS) is 24.8. The van der Waals surface area contributed by atoms with Crippen LogP contribution in [-0.2, 0) is 4.79 Å². The van der Waals surface area contributed by atoms with E-state index in [0.717, 1.165) is 12.8 Å². The summed E-state index contributed by atoms with van der Waals surface area (Å²) in [5, 5.41) is 3.16. The van der Waals surface area contributed by atoms with E-state index < -0.39 is 0 Å². The van der Waals surface area contributed by atoms with E-state index in [4.69, 9.17) is 5.73 Å². The van der Waals surface area contributed by atoms with Crippen LogP contribution < -0.4 is 11.1 Å². The van der Waals surface area contributed by atoms with Crippen LogP contribution in [-0.4, -0.2) is 18.5 Å². The largest absolute Gasteiger partial charge is 0.352 e. The van der Waals surface area contributed by atoms with Crippen molar-refractivity contribution in [3.8, 4) is 0 Å². The first-order chi connectivity index (χ1) is 7.81. The Morgan fingerprint density at radius 2 is 1.75 bits per heavy atom. The second-order valence-corrected chi connectivity index (χ2v) is 5.38. The molecule has 0 aromatic carbocycles. The first kappa shape index (κ1) is 11.9. The molecule has 2 rings (SSSR count). The van der Waals surface area contributed by atoms with Gasteiger partial charge in [-0.3, -0.25) is 4.79 Å². The van der Waals surface area contributed by atoms with E-state index in [1.807, 2.05) is 0 Å². The Morgan fingerprint density at radius 1 is 1.12 bits per heavy atom. The number of carbonyl (C=O) groups excluding carboxylic acids is 1. The van der Waals surface area contributed by atoms with Crippen molar-refractivity contribution in [1.82, 2.24) is 5.32 Å². The van der Waals surface area contributed by atoms with Gasteiger partial charge in [-0.15, -0.1) is 0 Å². The molecule has 1 unspecified atom stereocenters. The molecule has 3 heteroatoms. The zero-order valence-electron chi connectivity index (χ0n) is 10.1. The third-order valence-corrected chi connectivity index (χ3v) is 4.00. The fraction of sp³-hybridized carbons (Fsp3) is 0.923. The highest BCUT2D eigenvalue weighted by atomic mass is 16.1. The summed E-state index contributed by atoms with van der Waals surface area (Å²) in [5.74, 6) is 1.19. The maximum Gasteiger partial charge on any atom is 0.223 e. The van der Waals surface area contributed by atoms with Gasteiger partial charge in [-0.2, -0.15) is 0 Å². The van der Waals surface area contributed by atoms with Gasteiger partial charge in [0.1, 0.15) is 0 Å². The highest BCUT2D eigenvalue weighted by Crippen LogP contribution is 2.32. The number of amides is 1. The minimum Gasteiger partial charge on any atom is -0.352 e. The molecule has 0 aliphatic heterocycles. The Kier molecular flexibility index (Phi) is 4.22. The van der Waals surface area contributed by atoms with Crippen LogP contribution in [0.4, 0.5) is 0 Å². The van der Waals surface area contributed by atoms with Gasteiger partial charge in [0.2, 0.25) is 5.91 Å². The van der Waals surface area contributed by atoms with Crippen LogP contribution in [0.25, 0.3) is 0 Å². The van der Waals surface area contributed by atoms with Crippen molar-refractivity contribution < 1.29 is 4.79 Å². The molecule has 0 heterocycles. The first-order valence-corrected chi connectivity index (χ1v) is 6.81. The lowest BCUT2D eigenvalue weighted by Crippen LogP contribution is -2.44. The number of nitrogens with two attached hydrogens (primary N) is 1. The van der Waals surface area contributed by atoms with Crippen LogP contribution >= 0.6 is 0 Å². The monoisotopic (exact) mass is 224 g/mol. The summed E-state index contributed by atoms with van der Waals surface area (Å²) in [6, 6.07) is 0.246. The zero-order valence-corrected chi connectivity index (χ0v) is 10.1. The molecule has 0 aromatic rings. The van der Waals surface area contributed by atoms with Gasteiger partial charge < -0.3 is 11.1 Å². The number of hydrogen-bond acceptors (Lipinski definition) is 2. The van der Waals surface area contributed by atoms with Crippen LogP contribution in [0.5, 0.6) is 0 Å². The quantitative estimate of drug-likeness (QED) is 0.716. The van der Waals surface area contributed by atoms with Gasteiger partial charge in [0.05, 0.1) is 0 Å². The fourth-order valence-electron chi connectivity index (χ4n) is 2.71. The smallest absolute Gasteiger partial charge is 0.223 e. The molecule has 1 amide bonds. The molecule has 0 radical (unpaired) electrons. The molecule has 0 bridgehead atoms. The van der Waals surface area contributed by atoms with Gasteiger partial charge in [0.15, 0.2) is 0 Å². The van der Waals surface area contributed by atoms with Crippen molar-refractivity contribution in [2.24, 2.45) is 17.6 Å². The van der Waals surface area contributed by atoms with Crippen LogP contribution in [0.3, 0.4) is 0 Å². The van der Waals surface area contributed by atoms with Gasteiger partial charge in [-0.1, -0.05) is 25.7 Å². The van der Waals surface area contributed by atoms with Gasteiger partial charge in [-0.25, -0.2) is 0 Å². The fourth-order valence-corrected chi connectivity index (χ4v) is 2.71. The molecule has 2 aliphatic carbocycles. The minimum atomic E-state index is 0.246. The van der Waals surface area contributed by atoms with E-state index >= 15 is 0 Å². The van der Waals surface area contributed by atoms with E-state index in [0.29, 0.717) is 12.5 Å². The predicted molar refractivity (Wildman–Crippen MR) is 64.9 cm³/mol. The van der Waals surface area contributed by atoms with E-state index in [9.17, 15) is 4.79 Å². The molecule has 3 nitrogen and oxygen atoms in total. The molecule has 0 saturated heterocycles. The summed E-state index contributed by atoms with van der Waals surface area (Å²) in [5.41, 5.74) is 5.71. The number of carbonyl (C=O) groups is 1. The number of nitrogens with one attached hydrogen (secondary N) is 1. The number of hydrogen-bond donors (Lipinski definition) is 2. The van der Waals surface area contributed by atoms with Crippen molar-refractivity contribution in [2.75, 3.05) is 6.54 Å². The van der Waals surface area contributed by atoms with Crippen molar-refractivity contribution in [1.29, 1.82) is 0 Å². The third kappa shape index (κ3) is 3.21. The van der Waals surface area contributed by atoms with E-state index in [1.54, 1.807) is 0 Å². The molecule has 0 spiro atoms. The topological polar surface area (TPSA) is 55.1 Å². The molecule has 3 N–H and O–H groups in total. The first-order valence-electron chi connectivity index (χ1n) is 6.81. The summed E-state index contributed by atoms with van der Waals surface area (Å²) in [6.07, 6.45) is 9.67. The second kappa shape index (κ2) is 5.67. The van der Waals surface area contributed by atoms with Crippen LogP contribution in [0, 0.1) is 11.8 Å². The maximum absolute atomic E-state index is 12.1. The van der Waals surface area contributed by atoms with E-state index in [2.05, 4.69) is 5.32 Å². The Labute approximate surface area is 98.2 Å². The highest BCUT2D eigenvalue weighted by molar-refractivity contribution is 5.79. The van der Waals surface area contributed by atoms with Gasteiger partial charge >= 0.3 is 0 Å². The molecule has 0 aromatic heterocycles. The van der Waals surface area contributed by atoms with Crippen molar-refractivity contribution in [3.05, 3.63) is 0 Å². The molecular weight excluding hydrogens is 200 g/mol. The Morgan fingerprint density at radius 3 is 2.25 bits per heavy atom. The Hall–Kier alpha value is -0.570. The Balaban J connectivity index is 1.80. The van der Waals surface area contributed by atoms with Gasteiger partial charge in [-0.05, 0) is 31.6 Å². The molecule has 2 fully saturated rings. The summed E-state index contributed by atoms with van der Waals surface area (Å²) >= 11 is 0. The van der Waals surface area contributed by atoms with Crippen molar-refractivity contribution in [2.45, 2.75) is 57.4 Å². The van der Waals surface area contributed by atoms with Gasteiger partial charge in [0, 0.05) is 18.5 Å². The molecule has 2 aliphatic rings. The lowest BCUT2D eigenvalue weighted by molar-refractivity contribution is -0.126. The molecular formula is C13H24N2O. The molecule has 1 atom stereocenters. The zero-order chi connectivity index (χ0) is 11.4. The summed E-state index contributed by atoms with van der Waals surface area (Å²) in [7, 11) is 0.